The SMILES string of the molecule is CC/C=C\C/C=C\C/C=C\C/C=C\C/C=C\C/C=C\C/C=C\CCCCCCCC(=O)OCC(COC(=O)CCCCCCC/C=C\CCCC)OC(=O)CCCCCCCCCCCC/C=C\C/C=C\C/C=C\CCCCCCC. The number of rotatable bonds is 60. The summed E-state index contributed by atoms with van der Waals surface area (Å²) in [5, 5.41) is 0. The summed E-state index contributed by atoms with van der Waals surface area (Å²) < 4.78 is 16.9. The maximum absolute atomic E-state index is 12.9. The minimum Gasteiger partial charge on any atom is -0.462 e. The summed E-state index contributed by atoms with van der Waals surface area (Å²) in [6.07, 6.45) is 96.1. The van der Waals surface area contributed by atoms with Crippen LogP contribution >= 0.6 is 0 Å². The Kier molecular flexibility index (Phi) is 64.3. The minimum atomic E-state index is -0.798. The van der Waals surface area contributed by atoms with Gasteiger partial charge in [-0.2, -0.15) is 0 Å². The smallest absolute Gasteiger partial charge is 0.306 e. The molecule has 0 saturated carbocycles. The third-order valence-electron chi connectivity index (χ3n) is 14.1. The first-order valence-electron chi connectivity index (χ1n) is 33.7. The monoisotopic (exact) mass is 1120 g/mol. The van der Waals surface area contributed by atoms with Crippen LogP contribution in [-0.4, -0.2) is 37.2 Å². The molecule has 0 saturated heterocycles. The minimum absolute atomic E-state index is 0.0933. The molecule has 81 heavy (non-hydrogen) atoms. The number of carbonyl (C=O) groups is 3. The molecule has 1 unspecified atom stereocenters. The molecular formula is C75H124O6. The van der Waals surface area contributed by atoms with Crippen molar-refractivity contribution in [3.63, 3.8) is 0 Å². The second-order valence-electron chi connectivity index (χ2n) is 22.0. The third kappa shape index (κ3) is 66.2. The van der Waals surface area contributed by atoms with Crippen LogP contribution in [0.15, 0.2) is 134 Å². The maximum Gasteiger partial charge on any atom is 0.306 e. The van der Waals surface area contributed by atoms with Gasteiger partial charge in [-0.25, -0.2) is 0 Å². The molecule has 0 aliphatic heterocycles. The second-order valence-corrected chi connectivity index (χ2v) is 22.0. The van der Waals surface area contributed by atoms with E-state index in [1.165, 1.54) is 116 Å². The van der Waals surface area contributed by atoms with Gasteiger partial charge in [0.2, 0.25) is 0 Å². The molecule has 0 heterocycles. The summed E-state index contributed by atoms with van der Waals surface area (Å²) in [7, 11) is 0. The number of esters is 3. The fourth-order valence-electron chi connectivity index (χ4n) is 9.06. The van der Waals surface area contributed by atoms with Gasteiger partial charge in [0.05, 0.1) is 0 Å². The number of hydrogen-bond acceptors (Lipinski definition) is 6. The fraction of sp³-hybridized carbons (Fsp3) is 0.667. The molecule has 0 bridgehead atoms. The second kappa shape index (κ2) is 68.1. The first-order chi connectivity index (χ1) is 40.0. The number of ether oxygens (including phenoxy) is 3. The van der Waals surface area contributed by atoms with E-state index in [2.05, 4.69) is 154 Å². The van der Waals surface area contributed by atoms with E-state index in [1.807, 2.05) is 0 Å². The van der Waals surface area contributed by atoms with Crippen LogP contribution in [0.25, 0.3) is 0 Å². The van der Waals surface area contributed by atoms with Crippen LogP contribution in [0.1, 0.15) is 303 Å². The predicted molar refractivity (Wildman–Crippen MR) is 353 cm³/mol. The van der Waals surface area contributed by atoms with Crippen molar-refractivity contribution >= 4 is 17.9 Å². The van der Waals surface area contributed by atoms with Crippen LogP contribution in [0.2, 0.25) is 0 Å². The average Bonchev–Trinajstić information content (AvgIpc) is 3.47. The van der Waals surface area contributed by atoms with Gasteiger partial charge in [0.1, 0.15) is 13.2 Å². The molecule has 0 aliphatic carbocycles. The summed E-state index contributed by atoms with van der Waals surface area (Å²) >= 11 is 0. The number of allylic oxidation sites excluding steroid dienone is 22. The molecule has 0 fully saturated rings. The van der Waals surface area contributed by atoms with Crippen LogP contribution in [0, 0.1) is 0 Å². The van der Waals surface area contributed by atoms with E-state index in [4.69, 9.17) is 14.2 Å². The lowest BCUT2D eigenvalue weighted by Crippen LogP contribution is -2.30. The molecule has 0 aliphatic rings. The topological polar surface area (TPSA) is 78.9 Å². The summed E-state index contributed by atoms with van der Waals surface area (Å²) in [6, 6.07) is 0. The molecule has 1 atom stereocenters. The Morgan fingerprint density at radius 2 is 0.494 bits per heavy atom. The quantitative estimate of drug-likeness (QED) is 0.0261. The number of unbranched alkanes of at least 4 members (excludes halogenated alkanes) is 27. The highest BCUT2D eigenvalue weighted by atomic mass is 16.6. The highest BCUT2D eigenvalue weighted by Gasteiger charge is 2.19. The molecule has 0 spiro atoms. The van der Waals surface area contributed by atoms with Crippen LogP contribution in [0.4, 0.5) is 0 Å². The Labute approximate surface area is 500 Å². The van der Waals surface area contributed by atoms with Gasteiger partial charge in [-0.15, -0.1) is 0 Å². The Bertz CT molecular complexity index is 1720. The van der Waals surface area contributed by atoms with Crippen LogP contribution < -0.4 is 0 Å². The highest BCUT2D eigenvalue weighted by Crippen LogP contribution is 2.15. The normalized spacial score (nSPS) is 13.0. The lowest BCUT2D eigenvalue weighted by Gasteiger charge is -2.18. The molecule has 0 amide bonds. The average molecular weight is 1120 g/mol. The predicted octanol–water partition coefficient (Wildman–Crippen LogP) is 23.3. The van der Waals surface area contributed by atoms with E-state index in [0.717, 1.165) is 148 Å². The van der Waals surface area contributed by atoms with Gasteiger partial charge in [0, 0.05) is 19.3 Å². The van der Waals surface area contributed by atoms with E-state index < -0.39 is 6.10 Å². The molecule has 6 nitrogen and oxygen atoms in total. The first-order valence-corrected chi connectivity index (χ1v) is 33.7. The number of carbonyl (C=O) groups excluding carboxylic acids is 3. The van der Waals surface area contributed by atoms with E-state index >= 15 is 0 Å². The third-order valence-corrected chi connectivity index (χ3v) is 14.1. The van der Waals surface area contributed by atoms with Gasteiger partial charge in [0.15, 0.2) is 6.10 Å². The lowest BCUT2D eigenvalue weighted by molar-refractivity contribution is -0.167. The summed E-state index contributed by atoms with van der Waals surface area (Å²) in [4.78, 5) is 38.3. The van der Waals surface area contributed by atoms with Crippen molar-refractivity contribution in [2.24, 2.45) is 0 Å². The molecule has 6 heteroatoms. The van der Waals surface area contributed by atoms with Crippen molar-refractivity contribution in [2.75, 3.05) is 13.2 Å². The van der Waals surface area contributed by atoms with Crippen LogP contribution in [-0.2, 0) is 28.6 Å². The van der Waals surface area contributed by atoms with Crippen LogP contribution in [0.3, 0.4) is 0 Å². The van der Waals surface area contributed by atoms with E-state index in [9.17, 15) is 14.4 Å². The Morgan fingerprint density at radius 3 is 0.802 bits per heavy atom. The van der Waals surface area contributed by atoms with Crippen molar-refractivity contribution < 1.29 is 28.6 Å². The Balaban J connectivity index is 4.34. The van der Waals surface area contributed by atoms with E-state index in [1.54, 1.807) is 0 Å². The lowest BCUT2D eigenvalue weighted by atomic mass is 10.0. The van der Waals surface area contributed by atoms with E-state index in [0.29, 0.717) is 19.3 Å². The van der Waals surface area contributed by atoms with E-state index in [-0.39, 0.29) is 31.1 Å². The Morgan fingerprint density at radius 1 is 0.259 bits per heavy atom. The molecule has 0 N–H and O–H groups in total. The molecule has 0 aromatic rings. The summed E-state index contributed by atoms with van der Waals surface area (Å²) in [5.41, 5.74) is 0. The zero-order valence-electron chi connectivity index (χ0n) is 52.8. The number of hydrogen-bond donors (Lipinski definition) is 0. The molecular weight excluding hydrogens is 997 g/mol. The molecule has 460 valence electrons. The van der Waals surface area contributed by atoms with Gasteiger partial charge in [-0.3, -0.25) is 14.4 Å². The largest absolute Gasteiger partial charge is 0.462 e. The van der Waals surface area contributed by atoms with Crippen molar-refractivity contribution in [2.45, 2.75) is 309 Å². The Hall–Kier alpha value is -4.45. The zero-order chi connectivity index (χ0) is 58.5. The van der Waals surface area contributed by atoms with Gasteiger partial charge in [-0.05, 0) is 135 Å². The standard InChI is InChI=1S/C75H124O6/c1-4-7-10-13-16-19-22-24-26-28-30-32-34-36-37-39-40-42-44-46-48-50-53-56-59-62-65-68-74(77)80-71-72(70-79-73(76)67-64-61-58-55-52-21-18-15-12-9-6-3)81-75(78)69-66-63-60-57-54-51-49-47-45-43-41-38-35-33-31-29-27-25-23-20-17-14-11-8-5-2/h7,10,15-16,18-19,23-26,29-32,35-38,40,42,46,48,72H,4-6,8-9,11-14,17,20-22,27-28,33-34,39,41,43-45,47,49-71H2,1-3H3/b10-7-,18-15-,19-16-,25-23-,26-24-,31-29-,32-30-,37-36-,38-35-,42-40-,48-46-. The highest BCUT2D eigenvalue weighted by molar-refractivity contribution is 5.71. The van der Waals surface area contributed by atoms with Gasteiger partial charge in [0.25, 0.3) is 0 Å². The van der Waals surface area contributed by atoms with Gasteiger partial charge >= 0.3 is 17.9 Å². The van der Waals surface area contributed by atoms with Crippen molar-refractivity contribution in [3.8, 4) is 0 Å². The molecule has 0 rings (SSSR count). The first kappa shape index (κ1) is 76.5. The summed E-state index contributed by atoms with van der Waals surface area (Å²) in [5.74, 6) is -0.923. The summed E-state index contributed by atoms with van der Waals surface area (Å²) in [6.45, 7) is 6.46. The maximum atomic E-state index is 12.9. The molecule has 0 aromatic heterocycles. The fourth-order valence-corrected chi connectivity index (χ4v) is 9.06. The van der Waals surface area contributed by atoms with Crippen molar-refractivity contribution in [1.82, 2.24) is 0 Å². The van der Waals surface area contributed by atoms with Gasteiger partial charge < -0.3 is 14.2 Å². The van der Waals surface area contributed by atoms with Crippen molar-refractivity contribution in [3.05, 3.63) is 134 Å². The van der Waals surface area contributed by atoms with Crippen LogP contribution in [0.5, 0.6) is 0 Å². The molecule has 0 radical (unpaired) electrons. The molecule has 0 aromatic carbocycles. The van der Waals surface area contributed by atoms with Crippen molar-refractivity contribution in [1.29, 1.82) is 0 Å². The zero-order valence-corrected chi connectivity index (χ0v) is 52.8. The van der Waals surface area contributed by atoms with Gasteiger partial charge in [-0.1, -0.05) is 283 Å².